The lowest BCUT2D eigenvalue weighted by atomic mass is 10.0. The minimum absolute atomic E-state index is 0.603. The van der Waals surface area contributed by atoms with Crippen LogP contribution in [-0.2, 0) is 12.8 Å². The molecule has 1 aliphatic carbocycles. The minimum atomic E-state index is 0.603. The predicted molar refractivity (Wildman–Crippen MR) is 73.7 cm³/mol. The van der Waals surface area contributed by atoms with Crippen LogP contribution < -0.4 is 14.2 Å². The van der Waals surface area contributed by atoms with Crippen LogP contribution in [-0.4, -0.2) is 21.3 Å². The van der Waals surface area contributed by atoms with Crippen LogP contribution in [0.3, 0.4) is 0 Å². The van der Waals surface area contributed by atoms with E-state index in [1.807, 2.05) is 6.07 Å². The molecule has 1 aromatic rings. The van der Waals surface area contributed by atoms with Gasteiger partial charge in [-0.1, -0.05) is 23.7 Å². The summed E-state index contributed by atoms with van der Waals surface area (Å²) in [7, 11) is 4.86. The molecule has 0 spiro atoms. The highest BCUT2D eigenvalue weighted by atomic mass is 16.5. The van der Waals surface area contributed by atoms with Crippen LogP contribution in [0.4, 0.5) is 0 Å². The average molecular weight is 256 g/mol. The second kappa shape index (κ2) is 6.07. The van der Waals surface area contributed by atoms with Gasteiger partial charge in [-0.3, -0.25) is 0 Å². The molecule has 1 aromatic carbocycles. The Morgan fingerprint density at radius 2 is 1.21 bits per heavy atom. The molecule has 0 unspecified atom stereocenters. The van der Waals surface area contributed by atoms with Crippen LogP contribution >= 0.6 is 0 Å². The Hall–Kier alpha value is -2.26. The molecule has 3 nitrogen and oxygen atoms in total. The maximum atomic E-state index is 5.45. The summed E-state index contributed by atoms with van der Waals surface area (Å²) in [5, 5.41) is 0. The van der Waals surface area contributed by atoms with Crippen molar-refractivity contribution in [3.8, 4) is 40.9 Å². The van der Waals surface area contributed by atoms with Crippen molar-refractivity contribution < 1.29 is 14.2 Å². The van der Waals surface area contributed by atoms with Crippen LogP contribution in [0.25, 0.3) is 0 Å². The molecule has 0 radical (unpaired) electrons. The molecular formula is C16H16O3. The van der Waals surface area contributed by atoms with E-state index in [0.29, 0.717) is 36.5 Å². The molecule has 0 N–H and O–H groups in total. The van der Waals surface area contributed by atoms with Crippen LogP contribution in [0.1, 0.15) is 17.5 Å². The van der Waals surface area contributed by atoms with Gasteiger partial charge in [0.15, 0.2) is 11.5 Å². The number of hydrogen-bond acceptors (Lipinski definition) is 3. The average Bonchev–Trinajstić information content (AvgIpc) is 2.45. The van der Waals surface area contributed by atoms with Crippen LogP contribution in [0.5, 0.6) is 17.2 Å². The molecule has 2 bridgehead atoms. The van der Waals surface area contributed by atoms with Gasteiger partial charge in [0.25, 0.3) is 0 Å². The molecule has 0 fully saturated rings. The molecule has 0 aliphatic heterocycles. The summed E-state index contributed by atoms with van der Waals surface area (Å²) in [5.41, 5.74) is 2.01. The third kappa shape index (κ3) is 2.61. The van der Waals surface area contributed by atoms with Crippen molar-refractivity contribution in [1.29, 1.82) is 0 Å². The minimum Gasteiger partial charge on any atom is -0.492 e. The summed E-state index contributed by atoms with van der Waals surface area (Å²) in [4.78, 5) is 0. The van der Waals surface area contributed by atoms with Gasteiger partial charge < -0.3 is 14.2 Å². The van der Waals surface area contributed by atoms with E-state index >= 15 is 0 Å². The van der Waals surface area contributed by atoms with Crippen molar-refractivity contribution in [2.24, 2.45) is 0 Å². The Labute approximate surface area is 113 Å². The molecule has 1 aliphatic rings. The predicted octanol–water partition coefficient (Wildman–Crippen LogP) is 2.21. The van der Waals surface area contributed by atoms with E-state index in [-0.39, 0.29) is 0 Å². The van der Waals surface area contributed by atoms with Gasteiger partial charge in [0.1, 0.15) is 0 Å². The van der Waals surface area contributed by atoms with Gasteiger partial charge in [-0.05, 0) is 6.07 Å². The van der Waals surface area contributed by atoms with Crippen molar-refractivity contribution in [2.75, 3.05) is 21.3 Å². The van der Waals surface area contributed by atoms with E-state index in [9.17, 15) is 0 Å². The van der Waals surface area contributed by atoms with Gasteiger partial charge >= 0.3 is 0 Å². The molecule has 0 saturated heterocycles. The van der Waals surface area contributed by atoms with Gasteiger partial charge in [0.05, 0.1) is 27.8 Å². The van der Waals surface area contributed by atoms with E-state index in [4.69, 9.17) is 14.2 Å². The Morgan fingerprint density at radius 1 is 0.737 bits per heavy atom. The first kappa shape index (κ1) is 13.2. The fourth-order valence-electron chi connectivity index (χ4n) is 2.12. The lowest BCUT2D eigenvalue weighted by Crippen LogP contribution is -2.02. The zero-order valence-corrected chi connectivity index (χ0v) is 11.4. The standard InChI is InChI=1S/C16H16O3/c1-17-14-12-9-7-5-4-6-8-10-13(11-12)15(18-2)16(14)19-3/h11H,4,9-10H2,1-3H3. The molecule has 0 atom stereocenters. The topological polar surface area (TPSA) is 27.7 Å². The Bertz CT molecular complexity index is 546. The van der Waals surface area contributed by atoms with Gasteiger partial charge in [-0.15, -0.1) is 0 Å². The zero-order valence-electron chi connectivity index (χ0n) is 11.4. The number of ether oxygens (including phenoxy) is 3. The third-order valence-corrected chi connectivity index (χ3v) is 2.94. The van der Waals surface area contributed by atoms with E-state index in [1.54, 1.807) is 21.3 Å². The quantitative estimate of drug-likeness (QED) is 0.776. The molecular weight excluding hydrogens is 240 g/mol. The summed E-state index contributed by atoms with van der Waals surface area (Å²) >= 11 is 0. The van der Waals surface area contributed by atoms with Crippen LogP contribution in [0, 0.1) is 23.7 Å². The fraction of sp³-hybridized carbons (Fsp3) is 0.375. The lowest BCUT2D eigenvalue weighted by molar-refractivity contribution is 0.321. The first-order valence-electron chi connectivity index (χ1n) is 6.04. The Balaban J connectivity index is 2.66. The summed E-state index contributed by atoms with van der Waals surface area (Å²) in [6.45, 7) is 0. The highest BCUT2D eigenvalue weighted by Gasteiger charge is 2.19. The SMILES string of the molecule is COc1c2cc(c(OC)c1OC)CC#CCC#CC2. The van der Waals surface area contributed by atoms with Crippen molar-refractivity contribution >= 4 is 0 Å². The van der Waals surface area contributed by atoms with Crippen LogP contribution in [0.2, 0.25) is 0 Å². The first-order chi connectivity index (χ1) is 9.31. The highest BCUT2D eigenvalue weighted by Crippen LogP contribution is 2.43. The Morgan fingerprint density at radius 3 is 1.63 bits per heavy atom. The summed E-state index contributed by atoms with van der Waals surface area (Å²) in [6.07, 6.45) is 1.85. The molecule has 19 heavy (non-hydrogen) atoms. The van der Waals surface area contributed by atoms with E-state index in [0.717, 1.165) is 11.1 Å². The highest BCUT2D eigenvalue weighted by molar-refractivity contribution is 5.61. The number of benzene rings is 1. The van der Waals surface area contributed by atoms with Crippen LogP contribution in [0.15, 0.2) is 6.07 Å². The summed E-state index contributed by atoms with van der Waals surface area (Å²) < 4.78 is 16.3. The third-order valence-electron chi connectivity index (χ3n) is 2.94. The van der Waals surface area contributed by atoms with Gasteiger partial charge in [0.2, 0.25) is 5.75 Å². The normalized spacial score (nSPS) is 12.4. The second-order valence-electron chi connectivity index (χ2n) is 4.03. The maximum absolute atomic E-state index is 5.45. The summed E-state index contributed by atoms with van der Waals surface area (Å²) in [6, 6.07) is 2.04. The van der Waals surface area contributed by atoms with Crippen molar-refractivity contribution in [3.05, 3.63) is 17.2 Å². The number of hydrogen-bond donors (Lipinski definition) is 0. The fourth-order valence-corrected chi connectivity index (χ4v) is 2.12. The number of rotatable bonds is 3. The molecule has 0 saturated carbocycles. The first-order valence-corrected chi connectivity index (χ1v) is 6.04. The molecule has 0 heterocycles. The molecule has 98 valence electrons. The number of fused-ring (bicyclic) bond motifs is 2. The smallest absolute Gasteiger partial charge is 0.203 e. The molecule has 3 heteroatoms. The van der Waals surface area contributed by atoms with Gasteiger partial charge in [-0.2, -0.15) is 0 Å². The van der Waals surface area contributed by atoms with E-state index in [1.165, 1.54) is 0 Å². The summed E-state index contributed by atoms with van der Waals surface area (Å²) in [5.74, 6) is 14.2. The monoisotopic (exact) mass is 256 g/mol. The second-order valence-corrected chi connectivity index (χ2v) is 4.03. The van der Waals surface area contributed by atoms with Crippen molar-refractivity contribution in [1.82, 2.24) is 0 Å². The van der Waals surface area contributed by atoms with E-state index in [2.05, 4.69) is 23.7 Å². The lowest BCUT2D eigenvalue weighted by Gasteiger charge is -2.18. The zero-order chi connectivity index (χ0) is 13.7. The van der Waals surface area contributed by atoms with Gasteiger partial charge in [-0.25, -0.2) is 0 Å². The largest absolute Gasteiger partial charge is 0.492 e. The number of methoxy groups -OCH3 is 3. The molecule has 2 rings (SSSR count). The maximum Gasteiger partial charge on any atom is 0.203 e. The van der Waals surface area contributed by atoms with E-state index < -0.39 is 0 Å². The Kier molecular flexibility index (Phi) is 4.21. The van der Waals surface area contributed by atoms with Gasteiger partial charge in [0, 0.05) is 24.0 Å². The molecule has 0 amide bonds. The molecule has 0 aromatic heterocycles. The van der Waals surface area contributed by atoms with Crippen molar-refractivity contribution in [2.45, 2.75) is 19.3 Å². The van der Waals surface area contributed by atoms with Crippen molar-refractivity contribution in [3.63, 3.8) is 0 Å².